The van der Waals surface area contributed by atoms with E-state index in [-0.39, 0.29) is 11.8 Å². The lowest BCUT2D eigenvalue weighted by atomic mass is 9.89. The predicted octanol–water partition coefficient (Wildman–Crippen LogP) is 3.21. The largest absolute Gasteiger partial charge is 0.491 e. The summed E-state index contributed by atoms with van der Waals surface area (Å²) in [6.07, 6.45) is 4.22. The molecule has 0 radical (unpaired) electrons. The second-order valence-corrected chi connectivity index (χ2v) is 6.85. The minimum absolute atomic E-state index is 0.0216. The number of aromatic amines is 1. The monoisotopic (exact) mass is 349 g/mol. The lowest BCUT2D eigenvalue weighted by Crippen LogP contribution is -2.38. The molecule has 3 aromatic rings. The van der Waals surface area contributed by atoms with Crippen LogP contribution in [0.2, 0.25) is 0 Å². The van der Waals surface area contributed by atoms with E-state index in [1.807, 2.05) is 31.3 Å². The number of fused-ring (bicyclic) bond motifs is 2. The molecule has 1 N–H and O–H groups in total. The first-order valence-corrected chi connectivity index (χ1v) is 9.09. The second kappa shape index (κ2) is 7.20. The van der Waals surface area contributed by atoms with Crippen LogP contribution in [0.3, 0.4) is 0 Å². The molecule has 0 aliphatic heterocycles. The van der Waals surface area contributed by atoms with E-state index in [1.165, 1.54) is 5.69 Å². The van der Waals surface area contributed by atoms with E-state index in [1.54, 1.807) is 11.2 Å². The Bertz CT molecular complexity index is 913. The fourth-order valence-electron chi connectivity index (χ4n) is 3.64. The Balaban J connectivity index is 1.34. The molecule has 2 aromatic carbocycles. The number of likely N-dealkylation sites (N-methyl/N-ethyl adjacent to an activating group) is 1. The van der Waals surface area contributed by atoms with Crippen LogP contribution in [0.1, 0.15) is 17.8 Å². The summed E-state index contributed by atoms with van der Waals surface area (Å²) >= 11 is 0. The Labute approximate surface area is 153 Å². The molecule has 1 aliphatic carbocycles. The zero-order valence-electron chi connectivity index (χ0n) is 14.9. The SMILES string of the molecule is CN(CCOc1cccc2ccccc12)C(=O)C1CCc2[nH]cnc2C1. The number of ether oxygens (including phenoxy) is 1. The van der Waals surface area contributed by atoms with Gasteiger partial charge in [-0.3, -0.25) is 4.79 Å². The van der Waals surface area contributed by atoms with Crippen molar-refractivity contribution in [3.05, 3.63) is 60.2 Å². The summed E-state index contributed by atoms with van der Waals surface area (Å²) in [6.45, 7) is 1.06. The van der Waals surface area contributed by atoms with E-state index < -0.39 is 0 Å². The van der Waals surface area contributed by atoms with E-state index in [4.69, 9.17) is 4.74 Å². The third-order valence-electron chi connectivity index (χ3n) is 5.15. The van der Waals surface area contributed by atoms with Crippen LogP contribution in [0.4, 0.5) is 0 Å². The Hall–Kier alpha value is -2.82. The first-order chi connectivity index (χ1) is 12.7. The van der Waals surface area contributed by atoms with Gasteiger partial charge in [-0.15, -0.1) is 0 Å². The van der Waals surface area contributed by atoms with Gasteiger partial charge in [0.05, 0.1) is 18.6 Å². The van der Waals surface area contributed by atoms with E-state index in [0.29, 0.717) is 13.2 Å². The molecule has 134 valence electrons. The number of hydrogen-bond acceptors (Lipinski definition) is 3. The van der Waals surface area contributed by atoms with Crippen molar-refractivity contribution in [3.8, 4) is 5.75 Å². The minimum Gasteiger partial charge on any atom is -0.491 e. The number of amides is 1. The van der Waals surface area contributed by atoms with Crippen LogP contribution < -0.4 is 4.74 Å². The molecule has 1 heterocycles. The topological polar surface area (TPSA) is 58.2 Å². The fraction of sp³-hybridized carbons (Fsp3) is 0.333. The molecule has 1 aliphatic rings. The number of rotatable bonds is 5. The Morgan fingerprint density at radius 2 is 2.12 bits per heavy atom. The summed E-state index contributed by atoms with van der Waals surface area (Å²) in [5, 5.41) is 2.26. The Kier molecular flexibility index (Phi) is 4.61. The van der Waals surface area contributed by atoms with Crippen molar-refractivity contribution in [1.82, 2.24) is 14.9 Å². The van der Waals surface area contributed by atoms with Crippen LogP contribution >= 0.6 is 0 Å². The molecule has 0 saturated heterocycles. The number of H-pyrrole nitrogens is 1. The normalized spacial score (nSPS) is 16.3. The molecule has 0 fully saturated rings. The molecule has 1 unspecified atom stereocenters. The smallest absolute Gasteiger partial charge is 0.225 e. The number of nitrogens with zero attached hydrogens (tertiary/aromatic N) is 2. The molecule has 0 saturated carbocycles. The van der Waals surface area contributed by atoms with Gasteiger partial charge >= 0.3 is 0 Å². The quantitative estimate of drug-likeness (QED) is 0.769. The molecule has 1 amide bonds. The number of carbonyl (C=O) groups is 1. The molecule has 0 spiro atoms. The standard InChI is InChI=1S/C21H23N3O2/c1-24(21(25)16-9-10-18-19(13-16)23-14-22-18)11-12-26-20-8-4-6-15-5-2-3-7-17(15)20/h2-8,14,16H,9-13H2,1H3,(H,22,23). The zero-order chi connectivity index (χ0) is 17.9. The van der Waals surface area contributed by atoms with Crippen LogP contribution in [0.25, 0.3) is 10.8 Å². The van der Waals surface area contributed by atoms with Crippen LogP contribution in [0.5, 0.6) is 5.75 Å². The lowest BCUT2D eigenvalue weighted by molar-refractivity contribution is -0.134. The van der Waals surface area contributed by atoms with Crippen molar-refractivity contribution in [2.45, 2.75) is 19.3 Å². The van der Waals surface area contributed by atoms with Gasteiger partial charge in [-0.05, 0) is 24.3 Å². The number of aromatic nitrogens is 2. The summed E-state index contributed by atoms with van der Waals surface area (Å²) in [5.41, 5.74) is 2.21. The van der Waals surface area contributed by atoms with Gasteiger partial charge in [0.2, 0.25) is 5.91 Å². The highest BCUT2D eigenvalue weighted by molar-refractivity contribution is 5.88. The van der Waals surface area contributed by atoms with Gasteiger partial charge in [0.1, 0.15) is 12.4 Å². The Morgan fingerprint density at radius 1 is 1.27 bits per heavy atom. The van der Waals surface area contributed by atoms with Gasteiger partial charge in [-0.2, -0.15) is 0 Å². The lowest BCUT2D eigenvalue weighted by Gasteiger charge is -2.26. The van der Waals surface area contributed by atoms with Crippen LogP contribution in [-0.2, 0) is 17.6 Å². The first-order valence-electron chi connectivity index (χ1n) is 9.09. The van der Waals surface area contributed by atoms with Crippen LogP contribution in [-0.4, -0.2) is 41.0 Å². The molecule has 1 aromatic heterocycles. The maximum absolute atomic E-state index is 12.7. The zero-order valence-corrected chi connectivity index (χ0v) is 14.9. The van der Waals surface area contributed by atoms with E-state index >= 15 is 0 Å². The molecule has 5 nitrogen and oxygen atoms in total. The third kappa shape index (κ3) is 3.29. The van der Waals surface area contributed by atoms with Crippen molar-refractivity contribution < 1.29 is 9.53 Å². The summed E-state index contributed by atoms with van der Waals surface area (Å²) in [6, 6.07) is 14.2. The van der Waals surface area contributed by atoms with E-state index in [0.717, 1.165) is 41.5 Å². The molecule has 1 atom stereocenters. The molecule has 0 bridgehead atoms. The van der Waals surface area contributed by atoms with Gasteiger partial charge in [-0.25, -0.2) is 4.98 Å². The number of carbonyl (C=O) groups excluding carboxylic acids is 1. The second-order valence-electron chi connectivity index (χ2n) is 6.85. The maximum Gasteiger partial charge on any atom is 0.225 e. The summed E-state index contributed by atoms with van der Waals surface area (Å²) in [5.74, 6) is 1.07. The highest BCUT2D eigenvalue weighted by atomic mass is 16.5. The van der Waals surface area contributed by atoms with Gasteiger partial charge in [0.25, 0.3) is 0 Å². The van der Waals surface area contributed by atoms with Gasteiger partial charge in [0, 0.05) is 30.5 Å². The predicted molar refractivity (Wildman–Crippen MR) is 101 cm³/mol. The molecule has 4 rings (SSSR count). The number of benzene rings is 2. The molecule has 26 heavy (non-hydrogen) atoms. The third-order valence-corrected chi connectivity index (χ3v) is 5.15. The maximum atomic E-state index is 12.7. The van der Waals surface area contributed by atoms with E-state index in [2.05, 4.69) is 28.2 Å². The average molecular weight is 349 g/mol. The minimum atomic E-state index is 0.0216. The number of aryl methyl sites for hydroxylation is 1. The van der Waals surface area contributed by atoms with Crippen molar-refractivity contribution in [2.24, 2.45) is 5.92 Å². The molecular formula is C21H23N3O2. The number of hydrogen-bond donors (Lipinski definition) is 1. The van der Waals surface area contributed by atoms with Gasteiger partial charge in [-0.1, -0.05) is 36.4 Å². The summed E-state index contributed by atoms with van der Waals surface area (Å²) in [4.78, 5) is 22.0. The van der Waals surface area contributed by atoms with E-state index in [9.17, 15) is 4.79 Å². The van der Waals surface area contributed by atoms with Crippen molar-refractivity contribution in [1.29, 1.82) is 0 Å². The van der Waals surface area contributed by atoms with Crippen LogP contribution in [0.15, 0.2) is 48.8 Å². The van der Waals surface area contributed by atoms with Gasteiger partial charge < -0.3 is 14.6 Å². The van der Waals surface area contributed by atoms with Gasteiger partial charge in [0.15, 0.2) is 0 Å². The number of imidazole rings is 1. The van der Waals surface area contributed by atoms with Crippen molar-refractivity contribution in [3.63, 3.8) is 0 Å². The molecular weight excluding hydrogens is 326 g/mol. The average Bonchev–Trinajstić information content (AvgIpc) is 3.15. The highest BCUT2D eigenvalue weighted by Gasteiger charge is 2.28. The summed E-state index contributed by atoms with van der Waals surface area (Å²) < 4.78 is 5.96. The fourth-order valence-corrected chi connectivity index (χ4v) is 3.64. The van der Waals surface area contributed by atoms with Crippen molar-refractivity contribution in [2.75, 3.05) is 20.2 Å². The Morgan fingerprint density at radius 3 is 3.04 bits per heavy atom. The first kappa shape index (κ1) is 16.6. The number of nitrogens with one attached hydrogen (secondary N) is 1. The summed E-state index contributed by atoms with van der Waals surface area (Å²) in [7, 11) is 1.86. The highest BCUT2D eigenvalue weighted by Crippen LogP contribution is 2.26. The van der Waals surface area contributed by atoms with Crippen LogP contribution in [0, 0.1) is 5.92 Å². The molecule has 5 heteroatoms. The van der Waals surface area contributed by atoms with Crippen molar-refractivity contribution >= 4 is 16.7 Å².